The molecule has 0 radical (unpaired) electrons. The van der Waals surface area contributed by atoms with Crippen LogP contribution in [0, 0.1) is 17.8 Å². The van der Waals surface area contributed by atoms with E-state index in [-0.39, 0.29) is 37.5 Å². The summed E-state index contributed by atoms with van der Waals surface area (Å²) in [5, 5.41) is 11.4. The van der Waals surface area contributed by atoms with E-state index in [4.69, 9.17) is 9.84 Å². The Morgan fingerprint density at radius 2 is 1.56 bits per heavy atom. The van der Waals surface area contributed by atoms with Gasteiger partial charge in [-0.05, 0) is 34.1 Å². The Labute approximate surface area is 194 Å². The predicted molar refractivity (Wildman–Crippen MR) is 117 cm³/mol. The van der Waals surface area contributed by atoms with Crippen molar-refractivity contribution in [1.82, 2.24) is 10.2 Å². The number of benzene rings is 2. The number of nitrogens with one attached hydrogen (secondary N) is 1. The number of hydrogen-bond acceptors (Lipinski definition) is 4. The molecule has 1 saturated heterocycles. The number of carboxylic acids is 1. The lowest BCUT2D eigenvalue weighted by Crippen LogP contribution is -2.49. The molecule has 4 atom stereocenters. The quantitative estimate of drug-likeness (QED) is 0.647. The molecular weight excluding hydrogens is 446 g/mol. The van der Waals surface area contributed by atoms with E-state index in [0.29, 0.717) is 0 Å². The molecule has 2 aromatic carbocycles. The van der Waals surface area contributed by atoms with Gasteiger partial charge in [0.25, 0.3) is 0 Å². The SMILES string of the molecule is O=C(NC(CC(F)F)C(=O)N1C[C@@H]2C(C(=O)O)[C@@H]2C1)OCC1c2ccccc2-c2ccccc21. The van der Waals surface area contributed by atoms with Crippen molar-refractivity contribution in [3.63, 3.8) is 0 Å². The molecule has 1 heterocycles. The average Bonchev–Trinajstić information content (AvgIpc) is 3.17. The van der Waals surface area contributed by atoms with Crippen LogP contribution in [0.4, 0.5) is 13.6 Å². The minimum atomic E-state index is -2.80. The molecule has 1 saturated carbocycles. The zero-order valence-corrected chi connectivity index (χ0v) is 18.2. The van der Waals surface area contributed by atoms with Gasteiger partial charge in [-0.25, -0.2) is 13.6 Å². The fourth-order valence-corrected chi connectivity index (χ4v) is 5.47. The van der Waals surface area contributed by atoms with Crippen LogP contribution in [0.25, 0.3) is 11.1 Å². The van der Waals surface area contributed by atoms with E-state index in [1.54, 1.807) is 0 Å². The predicted octanol–water partition coefficient (Wildman–Crippen LogP) is 3.34. The first-order chi connectivity index (χ1) is 16.3. The van der Waals surface area contributed by atoms with Crippen LogP contribution in [0.3, 0.4) is 0 Å². The Kier molecular flexibility index (Phi) is 5.71. The number of hydrogen-bond donors (Lipinski definition) is 2. The lowest BCUT2D eigenvalue weighted by atomic mass is 9.98. The Morgan fingerprint density at radius 1 is 1.00 bits per heavy atom. The largest absolute Gasteiger partial charge is 0.481 e. The number of ether oxygens (including phenoxy) is 1. The van der Waals surface area contributed by atoms with Crippen molar-refractivity contribution in [2.45, 2.75) is 24.8 Å². The molecule has 2 unspecified atom stereocenters. The van der Waals surface area contributed by atoms with Gasteiger partial charge in [-0.3, -0.25) is 9.59 Å². The summed E-state index contributed by atoms with van der Waals surface area (Å²) in [5.41, 5.74) is 4.15. The number of carbonyl (C=O) groups excluding carboxylic acids is 2. The maximum atomic E-state index is 13.2. The molecule has 0 bridgehead atoms. The highest BCUT2D eigenvalue weighted by Crippen LogP contribution is 2.52. The fraction of sp³-hybridized carbons (Fsp3) is 0.400. The zero-order chi connectivity index (χ0) is 24.0. The van der Waals surface area contributed by atoms with Crippen molar-refractivity contribution in [3.05, 3.63) is 59.7 Å². The van der Waals surface area contributed by atoms with Crippen molar-refractivity contribution in [2.75, 3.05) is 19.7 Å². The second-order valence-corrected chi connectivity index (χ2v) is 9.08. The number of amides is 2. The molecule has 34 heavy (non-hydrogen) atoms. The van der Waals surface area contributed by atoms with Gasteiger partial charge in [-0.1, -0.05) is 48.5 Å². The van der Waals surface area contributed by atoms with E-state index in [1.165, 1.54) is 4.90 Å². The number of likely N-dealkylation sites (tertiary alicyclic amines) is 1. The third-order valence-corrected chi connectivity index (χ3v) is 7.14. The molecule has 2 fully saturated rings. The molecule has 3 aliphatic rings. The van der Waals surface area contributed by atoms with E-state index in [9.17, 15) is 23.2 Å². The molecule has 9 heteroatoms. The van der Waals surface area contributed by atoms with Gasteiger partial charge < -0.3 is 20.1 Å². The minimum Gasteiger partial charge on any atom is -0.481 e. The molecule has 178 valence electrons. The Bertz CT molecular complexity index is 1080. The van der Waals surface area contributed by atoms with Crippen molar-refractivity contribution < 1.29 is 33.0 Å². The summed E-state index contributed by atoms with van der Waals surface area (Å²) in [4.78, 5) is 37.8. The second kappa shape index (κ2) is 8.70. The van der Waals surface area contributed by atoms with Crippen LogP contribution in [0.2, 0.25) is 0 Å². The van der Waals surface area contributed by atoms with E-state index in [2.05, 4.69) is 5.32 Å². The molecule has 0 spiro atoms. The third-order valence-electron chi connectivity index (χ3n) is 7.14. The van der Waals surface area contributed by atoms with Gasteiger partial charge in [0.1, 0.15) is 12.6 Å². The normalized spacial score (nSPS) is 23.1. The number of alkyl halides is 2. The highest BCUT2D eigenvalue weighted by molar-refractivity contribution is 5.87. The number of carbonyl (C=O) groups is 3. The molecular formula is C25H24F2N2O5. The number of halogens is 2. The van der Waals surface area contributed by atoms with E-state index < -0.39 is 42.8 Å². The minimum absolute atomic E-state index is 0.00357. The van der Waals surface area contributed by atoms with Gasteiger partial charge in [0.05, 0.1) is 5.92 Å². The number of carboxylic acid groups (broad SMARTS) is 1. The monoisotopic (exact) mass is 470 g/mol. The summed E-state index contributed by atoms with van der Waals surface area (Å²) in [6.07, 6.45) is -4.57. The van der Waals surface area contributed by atoms with Gasteiger partial charge in [0, 0.05) is 25.4 Å². The topological polar surface area (TPSA) is 95.9 Å². The second-order valence-electron chi connectivity index (χ2n) is 9.08. The summed E-state index contributed by atoms with van der Waals surface area (Å²) in [7, 11) is 0. The van der Waals surface area contributed by atoms with Crippen molar-refractivity contribution in [1.29, 1.82) is 0 Å². The van der Waals surface area contributed by atoms with Gasteiger partial charge in [-0.15, -0.1) is 0 Å². The Hall–Kier alpha value is -3.49. The number of aliphatic carboxylic acids is 1. The van der Waals surface area contributed by atoms with Crippen LogP contribution in [-0.4, -0.2) is 60.1 Å². The molecule has 2 N–H and O–H groups in total. The third kappa shape index (κ3) is 3.99. The average molecular weight is 470 g/mol. The summed E-state index contributed by atoms with van der Waals surface area (Å²) < 4.78 is 31.7. The molecule has 2 aromatic rings. The Morgan fingerprint density at radius 3 is 2.09 bits per heavy atom. The van der Waals surface area contributed by atoms with Gasteiger partial charge in [-0.2, -0.15) is 0 Å². The molecule has 2 aliphatic carbocycles. The molecule has 1 aliphatic heterocycles. The fourth-order valence-electron chi connectivity index (χ4n) is 5.47. The van der Waals surface area contributed by atoms with Crippen molar-refractivity contribution in [3.8, 4) is 11.1 Å². The van der Waals surface area contributed by atoms with E-state index in [0.717, 1.165) is 22.3 Å². The lowest BCUT2D eigenvalue weighted by molar-refractivity contribution is -0.141. The maximum Gasteiger partial charge on any atom is 0.407 e. The number of rotatable bonds is 7. The summed E-state index contributed by atoms with van der Waals surface area (Å²) in [6.45, 7) is 0.406. The summed E-state index contributed by atoms with van der Waals surface area (Å²) in [6, 6.07) is 14.2. The molecule has 0 aromatic heterocycles. The number of fused-ring (bicyclic) bond motifs is 4. The van der Waals surface area contributed by atoms with Gasteiger partial charge in [0.2, 0.25) is 12.3 Å². The number of piperidine rings is 1. The maximum absolute atomic E-state index is 13.2. The standard InChI is InChI=1S/C25H24F2N2O5/c26-21(27)9-20(23(30)29-10-17-18(11-29)22(17)24(31)32)28-25(33)34-12-19-15-7-3-1-5-13(15)14-6-2-4-8-16(14)19/h1-8,17-22H,9-12H2,(H,28,33)(H,31,32)/t17-,18+,20?,22?. The van der Waals surface area contributed by atoms with Crippen LogP contribution in [0.1, 0.15) is 23.5 Å². The summed E-state index contributed by atoms with van der Waals surface area (Å²) >= 11 is 0. The first-order valence-corrected chi connectivity index (χ1v) is 11.3. The highest BCUT2D eigenvalue weighted by Gasteiger charge is 2.60. The van der Waals surface area contributed by atoms with Crippen molar-refractivity contribution in [2.24, 2.45) is 17.8 Å². The molecule has 5 rings (SSSR count). The first kappa shape index (κ1) is 22.3. The molecule has 2 amide bonds. The number of nitrogens with zero attached hydrogens (tertiary/aromatic N) is 1. The van der Waals surface area contributed by atoms with Crippen LogP contribution >= 0.6 is 0 Å². The van der Waals surface area contributed by atoms with Crippen LogP contribution in [0.5, 0.6) is 0 Å². The summed E-state index contributed by atoms with van der Waals surface area (Å²) in [5.74, 6) is -2.51. The lowest BCUT2D eigenvalue weighted by Gasteiger charge is -2.26. The van der Waals surface area contributed by atoms with Gasteiger partial charge in [0.15, 0.2) is 0 Å². The van der Waals surface area contributed by atoms with Crippen molar-refractivity contribution >= 4 is 18.0 Å². The molecule has 7 nitrogen and oxygen atoms in total. The van der Waals surface area contributed by atoms with Crippen LogP contribution in [-0.2, 0) is 14.3 Å². The van der Waals surface area contributed by atoms with Crippen LogP contribution < -0.4 is 5.32 Å². The van der Waals surface area contributed by atoms with E-state index in [1.807, 2.05) is 48.5 Å². The Balaban J connectivity index is 1.22. The van der Waals surface area contributed by atoms with Gasteiger partial charge >= 0.3 is 12.1 Å². The zero-order valence-electron chi connectivity index (χ0n) is 18.2. The highest BCUT2D eigenvalue weighted by atomic mass is 19.3. The first-order valence-electron chi connectivity index (χ1n) is 11.3. The smallest absolute Gasteiger partial charge is 0.407 e. The van der Waals surface area contributed by atoms with E-state index >= 15 is 0 Å². The van der Waals surface area contributed by atoms with Crippen LogP contribution in [0.15, 0.2) is 48.5 Å². The number of alkyl carbamates (subject to hydrolysis) is 1.